The lowest BCUT2D eigenvalue weighted by Gasteiger charge is -2.10. The summed E-state index contributed by atoms with van der Waals surface area (Å²) in [7, 11) is 1.63. The van der Waals surface area contributed by atoms with E-state index < -0.39 is 9.05 Å². The third-order valence-electron chi connectivity index (χ3n) is 2.62. The predicted molar refractivity (Wildman–Crippen MR) is 72.3 cm³/mol. The smallest absolute Gasteiger partial charge is 0.261 e. The van der Waals surface area contributed by atoms with Gasteiger partial charge in [-0.3, -0.25) is 0 Å². The molecule has 0 atom stereocenters. The van der Waals surface area contributed by atoms with Crippen LogP contribution in [0, 0.1) is 20.8 Å². The van der Waals surface area contributed by atoms with E-state index in [0.717, 1.165) is 0 Å². The maximum Gasteiger partial charge on any atom is 0.261 e. The van der Waals surface area contributed by atoms with Gasteiger partial charge in [-0.05, 0) is 37.1 Å². The maximum atomic E-state index is 11.5. The maximum absolute atomic E-state index is 11.5. The molecular weight excluding hydrogens is 304 g/mol. The van der Waals surface area contributed by atoms with Gasteiger partial charge in [-0.2, -0.15) is 4.98 Å². The fourth-order valence-corrected chi connectivity index (χ4v) is 3.54. The number of nitrogens with zero attached hydrogens (tertiary/aromatic N) is 2. The Bertz CT molecular complexity index is 717. The summed E-state index contributed by atoms with van der Waals surface area (Å²) in [6.07, 6.45) is 0. The molecule has 8 heteroatoms. The second kappa shape index (κ2) is 5.41. The Morgan fingerprint density at radius 3 is 2.30 bits per heavy atom. The molecule has 0 radical (unpaired) electrons. The van der Waals surface area contributed by atoms with Crippen molar-refractivity contribution in [2.45, 2.75) is 32.3 Å². The minimum atomic E-state index is -3.77. The largest absolute Gasteiger partial charge is 0.485 e. The van der Waals surface area contributed by atoms with Crippen LogP contribution in [-0.2, 0) is 15.7 Å². The highest BCUT2D eigenvalue weighted by Crippen LogP contribution is 2.28. The van der Waals surface area contributed by atoms with Gasteiger partial charge in [-0.25, -0.2) is 8.42 Å². The topological polar surface area (TPSA) is 82.3 Å². The van der Waals surface area contributed by atoms with Crippen molar-refractivity contribution in [3.05, 3.63) is 35.0 Å². The van der Waals surface area contributed by atoms with Crippen molar-refractivity contribution in [2.75, 3.05) is 0 Å². The lowest BCUT2D eigenvalue weighted by Crippen LogP contribution is -2.02. The molecule has 1 aromatic carbocycles. The summed E-state index contributed by atoms with van der Waals surface area (Å²) >= 11 is 0. The quantitative estimate of drug-likeness (QED) is 0.806. The molecule has 0 amide bonds. The van der Waals surface area contributed by atoms with Crippen LogP contribution in [0.2, 0.25) is 0 Å². The number of benzene rings is 1. The van der Waals surface area contributed by atoms with E-state index in [1.165, 1.54) is 0 Å². The molecule has 0 aliphatic rings. The van der Waals surface area contributed by atoms with Gasteiger partial charge >= 0.3 is 0 Å². The van der Waals surface area contributed by atoms with E-state index in [1.807, 2.05) is 0 Å². The molecule has 2 aromatic rings. The van der Waals surface area contributed by atoms with Crippen LogP contribution in [0.15, 0.2) is 21.6 Å². The van der Waals surface area contributed by atoms with Crippen LogP contribution in [0.4, 0.5) is 0 Å². The second-order valence-corrected chi connectivity index (χ2v) is 6.85. The summed E-state index contributed by atoms with van der Waals surface area (Å²) in [5.74, 6) is 1.40. The highest BCUT2D eigenvalue weighted by atomic mass is 35.7. The summed E-state index contributed by atoms with van der Waals surface area (Å²) in [5, 5.41) is 3.70. The summed E-state index contributed by atoms with van der Waals surface area (Å²) in [6, 6.07) is 3.21. The van der Waals surface area contributed by atoms with Crippen molar-refractivity contribution in [1.82, 2.24) is 10.1 Å². The Hall–Kier alpha value is -1.60. The monoisotopic (exact) mass is 316 g/mol. The minimum absolute atomic E-state index is 0.113. The molecule has 0 N–H and O–H groups in total. The van der Waals surface area contributed by atoms with Gasteiger partial charge < -0.3 is 9.26 Å². The number of hydrogen-bond acceptors (Lipinski definition) is 6. The van der Waals surface area contributed by atoms with E-state index >= 15 is 0 Å². The third-order valence-corrected chi connectivity index (χ3v) is 4.21. The number of halogens is 1. The van der Waals surface area contributed by atoms with Gasteiger partial charge in [-0.1, -0.05) is 5.16 Å². The average Bonchev–Trinajstić information content (AvgIpc) is 2.69. The number of hydrogen-bond donors (Lipinski definition) is 0. The molecule has 1 heterocycles. The number of ether oxygens (including phenoxy) is 1. The summed E-state index contributed by atoms with van der Waals surface area (Å²) < 4.78 is 33.3. The standard InChI is InChI=1S/C12H13ClN2O4S/c1-7-4-10(5-8(2)12(7)20(13,16)17)18-6-11-14-9(3)19-15-11/h4-5H,6H2,1-3H3. The first-order valence-corrected chi connectivity index (χ1v) is 8.06. The molecule has 0 saturated carbocycles. The summed E-state index contributed by atoms with van der Waals surface area (Å²) in [4.78, 5) is 4.12. The van der Waals surface area contributed by atoms with Crippen molar-refractivity contribution >= 4 is 19.7 Å². The first-order chi connectivity index (χ1) is 9.27. The molecule has 0 fully saturated rings. The van der Waals surface area contributed by atoms with Gasteiger partial charge in [0.2, 0.25) is 11.7 Å². The highest BCUT2D eigenvalue weighted by Gasteiger charge is 2.18. The zero-order chi connectivity index (χ0) is 14.9. The van der Waals surface area contributed by atoms with Crippen LogP contribution in [-0.4, -0.2) is 18.6 Å². The van der Waals surface area contributed by atoms with Gasteiger partial charge in [0.1, 0.15) is 5.75 Å². The average molecular weight is 317 g/mol. The lowest BCUT2D eigenvalue weighted by molar-refractivity contribution is 0.285. The van der Waals surface area contributed by atoms with Crippen molar-refractivity contribution in [3.63, 3.8) is 0 Å². The van der Waals surface area contributed by atoms with E-state index in [2.05, 4.69) is 10.1 Å². The van der Waals surface area contributed by atoms with Crippen LogP contribution in [0.25, 0.3) is 0 Å². The lowest BCUT2D eigenvalue weighted by atomic mass is 10.1. The van der Waals surface area contributed by atoms with Crippen molar-refractivity contribution in [1.29, 1.82) is 0 Å². The molecule has 108 valence electrons. The van der Waals surface area contributed by atoms with E-state index in [4.69, 9.17) is 19.9 Å². The zero-order valence-electron chi connectivity index (χ0n) is 11.2. The molecule has 0 bridgehead atoms. The van der Waals surface area contributed by atoms with E-state index in [0.29, 0.717) is 28.6 Å². The van der Waals surface area contributed by atoms with Gasteiger partial charge in [0.15, 0.2) is 6.61 Å². The summed E-state index contributed by atoms with van der Waals surface area (Å²) in [5.41, 5.74) is 1.05. The minimum Gasteiger partial charge on any atom is -0.485 e. The Morgan fingerprint density at radius 2 is 1.85 bits per heavy atom. The molecule has 0 spiro atoms. The highest BCUT2D eigenvalue weighted by molar-refractivity contribution is 8.13. The Morgan fingerprint density at radius 1 is 1.25 bits per heavy atom. The summed E-state index contributed by atoms with van der Waals surface area (Å²) in [6.45, 7) is 5.15. The second-order valence-electron chi connectivity index (χ2n) is 4.34. The molecular formula is C12H13ClN2O4S. The molecule has 0 aliphatic heterocycles. The third kappa shape index (κ3) is 3.29. The van der Waals surface area contributed by atoms with Crippen LogP contribution in [0.5, 0.6) is 5.75 Å². The molecule has 0 unspecified atom stereocenters. The van der Waals surface area contributed by atoms with Crippen LogP contribution in [0.3, 0.4) is 0 Å². The Kier molecular flexibility index (Phi) is 4.01. The SMILES string of the molecule is Cc1nc(COc2cc(C)c(S(=O)(=O)Cl)c(C)c2)no1. The first-order valence-electron chi connectivity index (χ1n) is 5.75. The van der Waals surface area contributed by atoms with Gasteiger partial charge in [-0.15, -0.1) is 0 Å². The molecule has 0 aliphatic carbocycles. The fraction of sp³-hybridized carbons (Fsp3) is 0.333. The normalized spacial score (nSPS) is 11.6. The van der Waals surface area contributed by atoms with Crippen molar-refractivity contribution in [3.8, 4) is 5.75 Å². The van der Waals surface area contributed by atoms with Gasteiger partial charge in [0.25, 0.3) is 9.05 Å². The molecule has 2 rings (SSSR count). The van der Waals surface area contributed by atoms with Crippen LogP contribution < -0.4 is 4.74 Å². The van der Waals surface area contributed by atoms with E-state index in [9.17, 15) is 8.42 Å². The molecule has 20 heavy (non-hydrogen) atoms. The number of aromatic nitrogens is 2. The number of aryl methyl sites for hydroxylation is 3. The first kappa shape index (κ1) is 14.8. The van der Waals surface area contributed by atoms with E-state index in [-0.39, 0.29) is 11.5 Å². The zero-order valence-corrected chi connectivity index (χ0v) is 12.7. The molecule has 6 nitrogen and oxygen atoms in total. The number of rotatable bonds is 4. The van der Waals surface area contributed by atoms with Crippen LogP contribution in [0.1, 0.15) is 22.8 Å². The Labute approximate surface area is 121 Å². The fourth-order valence-electron chi connectivity index (χ4n) is 1.93. The molecule has 0 saturated heterocycles. The predicted octanol–water partition coefficient (Wildman–Crippen LogP) is 2.50. The Balaban J connectivity index is 2.23. The van der Waals surface area contributed by atoms with Crippen molar-refractivity contribution < 1.29 is 17.7 Å². The molecule has 1 aromatic heterocycles. The van der Waals surface area contributed by atoms with Gasteiger partial charge in [0, 0.05) is 17.6 Å². The van der Waals surface area contributed by atoms with Gasteiger partial charge in [0.05, 0.1) is 4.90 Å². The van der Waals surface area contributed by atoms with Crippen molar-refractivity contribution in [2.24, 2.45) is 0 Å². The van der Waals surface area contributed by atoms with Crippen LogP contribution >= 0.6 is 10.7 Å². The van der Waals surface area contributed by atoms with E-state index in [1.54, 1.807) is 32.9 Å².